The maximum atomic E-state index is 11.5. The summed E-state index contributed by atoms with van der Waals surface area (Å²) in [5.74, 6) is -1.08. The van der Waals surface area contributed by atoms with E-state index in [1.54, 1.807) is 6.07 Å². The van der Waals surface area contributed by atoms with Crippen molar-refractivity contribution >= 4 is 40.7 Å². The summed E-state index contributed by atoms with van der Waals surface area (Å²) in [5.41, 5.74) is 0.800. The number of rotatable bonds is 2. The predicted molar refractivity (Wildman–Crippen MR) is 67.4 cm³/mol. The molecule has 0 atom stereocenters. The molecule has 0 aliphatic carbocycles. The molecule has 1 aromatic carbocycles. The van der Waals surface area contributed by atoms with E-state index in [0.717, 1.165) is 4.90 Å². The summed E-state index contributed by atoms with van der Waals surface area (Å²) in [6.45, 7) is 1.36. The van der Waals surface area contributed by atoms with Gasteiger partial charge in [-0.2, -0.15) is 0 Å². The summed E-state index contributed by atoms with van der Waals surface area (Å²) in [6.07, 6.45) is 2.38. The van der Waals surface area contributed by atoms with Gasteiger partial charge in [0.2, 0.25) is 5.91 Å². The van der Waals surface area contributed by atoms with Crippen molar-refractivity contribution in [2.45, 2.75) is 6.92 Å². The molecule has 92 valence electrons. The highest BCUT2D eigenvalue weighted by Gasteiger charge is 2.25. The van der Waals surface area contributed by atoms with Crippen LogP contribution in [0.3, 0.4) is 0 Å². The molecule has 6 heteroatoms. The third kappa shape index (κ3) is 2.26. The number of imide groups is 1. The van der Waals surface area contributed by atoms with E-state index in [0.29, 0.717) is 11.4 Å². The first-order chi connectivity index (χ1) is 8.49. The van der Waals surface area contributed by atoms with Crippen LogP contribution in [-0.2, 0) is 14.4 Å². The van der Waals surface area contributed by atoms with Gasteiger partial charge < -0.3 is 5.32 Å². The van der Waals surface area contributed by atoms with Crippen LogP contribution in [0, 0.1) is 0 Å². The fourth-order valence-electron chi connectivity index (χ4n) is 1.59. The summed E-state index contributed by atoms with van der Waals surface area (Å²) in [6, 6.07) is 4.54. The minimum Gasteiger partial charge on any atom is -0.325 e. The van der Waals surface area contributed by atoms with Crippen LogP contribution in [0.2, 0.25) is 5.02 Å². The van der Waals surface area contributed by atoms with Crippen molar-refractivity contribution in [3.63, 3.8) is 0 Å². The van der Waals surface area contributed by atoms with Crippen LogP contribution >= 0.6 is 11.6 Å². The number of benzene rings is 1. The molecule has 0 saturated carbocycles. The van der Waals surface area contributed by atoms with Gasteiger partial charge in [0, 0.05) is 19.1 Å². The zero-order valence-corrected chi connectivity index (χ0v) is 10.2. The van der Waals surface area contributed by atoms with Gasteiger partial charge in [0.1, 0.15) is 0 Å². The fourth-order valence-corrected chi connectivity index (χ4v) is 1.81. The molecule has 0 bridgehead atoms. The van der Waals surface area contributed by atoms with Crippen molar-refractivity contribution in [3.8, 4) is 0 Å². The Labute approximate surface area is 108 Å². The Morgan fingerprint density at radius 1 is 1.22 bits per heavy atom. The smallest absolute Gasteiger partial charge is 0.258 e. The van der Waals surface area contributed by atoms with E-state index in [1.807, 2.05) is 0 Å². The second-order valence-electron chi connectivity index (χ2n) is 3.69. The number of nitrogens with zero attached hydrogens (tertiary/aromatic N) is 1. The Balaban J connectivity index is 2.32. The largest absolute Gasteiger partial charge is 0.325 e. The summed E-state index contributed by atoms with van der Waals surface area (Å²) < 4.78 is 0. The van der Waals surface area contributed by atoms with Gasteiger partial charge in [-0.05, 0) is 18.2 Å². The van der Waals surface area contributed by atoms with Gasteiger partial charge in [-0.25, -0.2) is 4.90 Å². The molecule has 5 nitrogen and oxygen atoms in total. The molecule has 0 spiro atoms. The Morgan fingerprint density at radius 2 is 1.83 bits per heavy atom. The van der Waals surface area contributed by atoms with E-state index < -0.39 is 11.8 Å². The molecule has 0 radical (unpaired) electrons. The van der Waals surface area contributed by atoms with Gasteiger partial charge in [-0.3, -0.25) is 14.4 Å². The van der Waals surface area contributed by atoms with Gasteiger partial charge in [0.25, 0.3) is 11.8 Å². The van der Waals surface area contributed by atoms with Crippen molar-refractivity contribution < 1.29 is 14.4 Å². The monoisotopic (exact) mass is 264 g/mol. The Hall–Kier alpha value is -2.14. The molecule has 2 rings (SSSR count). The molecular weight excluding hydrogens is 256 g/mol. The third-order valence-electron chi connectivity index (χ3n) is 2.33. The number of amides is 3. The van der Waals surface area contributed by atoms with Gasteiger partial charge in [0.15, 0.2) is 0 Å². The number of anilines is 2. The Morgan fingerprint density at radius 3 is 2.33 bits per heavy atom. The Kier molecular flexibility index (Phi) is 3.16. The third-order valence-corrected chi connectivity index (χ3v) is 2.64. The number of carbonyl (C=O) groups is 3. The average Bonchev–Trinajstić information content (AvgIpc) is 2.61. The minimum absolute atomic E-state index is 0.250. The number of hydrogen-bond acceptors (Lipinski definition) is 3. The van der Waals surface area contributed by atoms with Crippen molar-refractivity contribution in [2.75, 3.05) is 10.2 Å². The van der Waals surface area contributed by atoms with Crippen LogP contribution < -0.4 is 10.2 Å². The van der Waals surface area contributed by atoms with Crippen LogP contribution in [0.4, 0.5) is 11.4 Å². The average molecular weight is 265 g/mol. The second-order valence-corrected chi connectivity index (χ2v) is 4.10. The lowest BCUT2D eigenvalue weighted by atomic mass is 10.2. The normalized spacial score (nSPS) is 14.2. The fraction of sp³-hybridized carbons (Fsp3) is 0.0833. The molecule has 1 aliphatic rings. The minimum atomic E-state index is -0.414. The second kappa shape index (κ2) is 4.62. The highest BCUT2D eigenvalue weighted by Crippen LogP contribution is 2.29. The van der Waals surface area contributed by atoms with Crippen molar-refractivity contribution in [2.24, 2.45) is 0 Å². The van der Waals surface area contributed by atoms with E-state index in [2.05, 4.69) is 5.32 Å². The number of nitrogens with one attached hydrogen (secondary N) is 1. The highest BCUT2D eigenvalue weighted by molar-refractivity contribution is 6.35. The maximum absolute atomic E-state index is 11.5. The van der Waals surface area contributed by atoms with Gasteiger partial charge in [-0.15, -0.1) is 0 Å². The molecule has 1 N–H and O–H groups in total. The molecule has 1 heterocycles. The van der Waals surface area contributed by atoms with Crippen LogP contribution in [0.25, 0.3) is 0 Å². The number of hydrogen-bond donors (Lipinski definition) is 1. The number of carbonyl (C=O) groups excluding carboxylic acids is 3. The molecule has 0 saturated heterocycles. The van der Waals surface area contributed by atoms with Gasteiger partial charge >= 0.3 is 0 Å². The van der Waals surface area contributed by atoms with Crippen molar-refractivity contribution in [1.29, 1.82) is 0 Å². The van der Waals surface area contributed by atoms with E-state index in [4.69, 9.17) is 11.6 Å². The van der Waals surface area contributed by atoms with Crippen LogP contribution in [0.5, 0.6) is 0 Å². The topological polar surface area (TPSA) is 66.5 Å². The van der Waals surface area contributed by atoms with Gasteiger partial charge in [-0.1, -0.05) is 11.6 Å². The summed E-state index contributed by atoms with van der Waals surface area (Å²) in [4.78, 5) is 34.8. The molecule has 3 amide bonds. The zero-order valence-electron chi connectivity index (χ0n) is 9.44. The van der Waals surface area contributed by atoms with Gasteiger partial charge in [0.05, 0.1) is 16.4 Å². The lowest BCUT2D eigenvalue weighted by Crippen LogP contribution is -2.29. The summed E-state index contributed by atoms with van der Waals surface area (Å²) in [7, 11) is 0. The van der Waals surface area contributed by atoms with Crippen LogP contribution in [0.1, 0.15) is 6.92 Å². The molecular formula is C12H9ClN2O3. The SMILES string of the molecule is CC(=O)Nc1ccc(N2C(=O)C=CC2=O)cc1Cl. The molecule has 1 aromatic rings. The van der Waals surface area contributed by atoms with E-state index in [1.165, 1.54) is 31.2 Å². The molecule has 0 aromatic heterocycles. The quantitative estimate of drug-likeness (QED) is 0.827. The van der Waals surface area contributed by atoms with Crippen LogP contribution in [0.15, 0.2) is 30.4 Å². The van der Waals surface area contributed by atoms with Crippen molar-refractivity contribution in [1.82, 2.24) is 0 Å². The zero-order chi connectivity index (χ0) is 13.3. The summed E-state index contributed by atoms with van der Waals surface area (Å²) in [5, 5.41) is 2.80. The lowest BCUT2D eigenvalue weighted by Gasteiger charge is -2.15. The van der Waals surface area contributed by atoms with E-state index >= 15 is 0 Å². The first kappa shape index (κ1) is 12.3. The lowest BCUT2D eigenvalue weighted by molar-refractivity contribution is -0.120. The summed E-state index contributed by atoms with van der Waals surface area (Å²) >= 11 is 5.96. The van der Waals surface area contributed by atoms with E-state index in [9.17, 15) is 14.4 Å². The molecule has 0 fully saturated rings. The first-order valence-corrected chi connectivity index (χ1v) is 5.50. The molecule has 18 heavy (non-hydrogen) atoms. The van der Waals surface area contributed by atoms with Crippen LogP contribution in [-0.4, -0.2) is 17.7 Å². The first-order valence-electron chi connectivity index (χ1n) is 5.12. The molecule has 0 unspecified atom stereocenters. The Bertz CT molecular complexity index is 563. The number of halogens is 1. The standard InChI is InChI=1S/C12H9ClN2O3/c1-7(16)14-10-3-2-8(6-9(10)13)15-11(17)4-5-12(15)18/h2-6H,1H3,(H,14,16). The predicted octanol–water partition coefficient (Wildman–Crippen LogP) is 1.73. The maximum Gasteiger partial charge on any atom is 0.258 e. The van der Waals surface area contributed by atoms with E-state index in [-0.39, 0.29) is 10.9 Å². The molecule has 1 aliphatic heterocycles. The van der Waals surface area contributed by atoms with Crippen molar-refractivity contribution in [3.05, 3.63) is 35.4 Å². The highest BCUT2D eigenvalue weighted by atomic mass is 35.5.